The van der Waals surface area contributed by atoms with Crippen LogP contribution >= 0.6 is 0 Å². The molecule has 3 aromatic rings. The molecule has 9 nitrogen and oxygen atoms in total. The number of aromatic nitrogens is 3. The molecule has 4 rings (SSSR count). The van der Waals surface area contributed by atoms with E-state index in [1.165, 1.54) is 30.5 Å². The van der Waals surface area contributed by atoms with Crippen molar-refractivity contribution in [3.8, 4) is 0 Å². The fraction of sp³-hybridized carbons (Fsp3) is 0.261. The molecule has 0 spiro atoms. The first-order chi connectivity index (χ1) is 16.0. The Labute approximate surface area is 188 Å². The van der Waals surface area contributed by atoms with E-state index in [0.29, 0.717) is 30.5 Å². The van der Waals surface area contributed by atoms with Crippen molar-refractivity contribution in [3.63, 3.8) is 0 Å². The minimum Gasteiger partial charge on any atom is -0.391 e. The van der Waals surface area contributed by atoms with Crippen molar-refractivity contribution in [1.29, 1.82) is 0 Å². The minimum atomic E-state index is -0.676. The predicted octanol–water partition coefficient (Wildman–Crippen LogP) is 1.70. The zero-order valence-electron chi connectivity index (χ0n) is 17.6. The summed E-state index contributed by atoms with van der Waals surface area (Å²) >= 11 is 0. The second-order valence-corrected chi connectivity index (χ2v) is 7.64. The van der Waals surface area contributed by atoms with Crippen molar-refractivity contribution in [2.24, 2.45) is 0 Å². The van der Waals surface area contributed by atoms with Crippen molar-refractivity contribution < 1.29 is 19.1 Å². The van der Waals surface area contributed by atoms with Crippen LogP contribution in [-0.4, -0.2) is 43.3 Å². The molecule has 3 N–H and O–H groups in total. The van der Waals surface area contributed by atoms with Gasteiger partial charge in [-0.05, 0) is 42.7 Å². The van der Waals surface area contributed by atoms with E-state index < -0.39 is 29.9 Å². The van der Waals surface area contributed by atoms with Crippen LogP contribution in [0.15, 0.2) is 53.6 Å². The standard InChI is InChI=1S/C23H22FN5O4/c24-16-7-5-14(6-8-16)11-26-22(32)19-17(13-30)21(31)28-20(27-19)18-4-2-10-29(18)23(33)15-3-1-9-25-12-15/h1,3,5-9,12,18,30H,2,4,10-11,13H2,(H,26,32)(H,27,28,31). The van der Waals surface area contributed by atoms with Crippen LogP contribution in [0.3, 0.4) is 0 Å². The van der Waals surface area contributed by atoms with Crippen LogP contribution in [0.2, 0.25) is 0 Å². The van der Waals surface area contributed by atoms with Gasteiger partial charge in [0, 0.05) is 25.5 Å². The molecule has 1 aliphatic heterocycles. The zero-order valence-corrected chi connectivity index (χ0v) is 17.6. The van der Waals surface area contributed by atoms with Gasteiger partial charge in [0.05, 0.1) is 23.8 Å². The normalized spacial score (nSPS) is 15.5. The molecule has 2 amide bonds. The fourth-order valence-corrected chi connectivity index (χ4v) is 3.82. The number of hydrogen-bond donors (Lipinski definition) is 3. The number of rotatable bonds is 6. The van der Waals surface area contributed by atoms with Crippen molar-refractivity contribution >= 4 is 11.8 Å². The molecule has 3 heterocycles. The summed E-state index contributed by atoms with van der Waals surface area (Å²) in [6.07, 6.45) is 4.30. The van der Waals surface area contributed by atoms with Crippen LogP contribution in [0.1, 0.15) is 56.7 Å². The van der Waals surface area contributed by atoms with Crippen molar-refractivity contribution in [2.75, 3.05) is 6.54 Å². The Kier molecular flexibility index (Phi) is 6.55. The molecule has 0 aliphatic carbocycles. The number of nitrogens with zero attached hydrogens (tertiary/aromatic N) is 3. The van der Waals surface area contributed by atoms with Crippen LogP contribution in [-0.2, 0) is 13.2 Å². The molecule has 0 saturated carbocycles. The summed E-state index contributed by atoms with van der Waals surface area (Å²) in [5.41, 5.74) is 0.0491. The number of H-pyrrole nitrogens is 1. The molecular formula is C23H22FN5O4. The monoisotopic (exact) mass is 451 g/mol. The number of aliphatic hydroxyl groups excluding tert-OH is 1. The molecule has 1 aromatic carbocycles. The molecule has 1 aliphatic rings. The molecule has 1 fully saturated rings. The lowest BCUT2D eigenvalue weighted by Gasteiger charge is -2.24. The average molecular weight is 451 g/mol. The summed E-state index contributed by atoms with van der Waals surface area (Å²) in [5, 5.41) is 12.3. The Morgan fingerprint density at radius 1 is 1.24 bits per heavy atom. The van der Waals surface area contributed by atoms with Crippen LogP contribution in [0.4, 0.5) is 4.39 Å². The number of nitrogens with one attached hydrogen (secondary N) is 2. The third kappa shape index (κ3) is 4.80. The van der Waals surface area contributed by atoms with Gasteiger partial charge in [0.1, 0.15) is 17.3 Å². The summed E-state index contributed by atoms with van der Waals surface area (Å²) in [6.45, 7) is -0.121. The number of halogens is 1. The van der Waals surface area contributed by atoms with Crippen molar-refractivity contribution in [1.82, 2.24) is 25.2 Å². The van der Waals surface area contributed by atoms with E-state index in [0.717, 1.165) is 0 Å². The smallest absolute Gasteiger partial charge is 0.270 e. The van der Waals surface area contributed by atoms with Gasteiger partial charge in [0.15, 0.2) is 0 Å². The van der Waals surface area contributed by atoms with E-state index in [1.807, 2.05) is 0 Å². The van der Waals surface area contributed by atoms with E-state index in [1.54, 1.807) is 23.2 Å². The van der Waals surface area contributed by atoms with Crippen LogP contribution in [0, 0.1) is 5.82 Å². The third-order valence-corrected chi connectivity index (χ3v) is 5.51. The number of pyridine rings is 1. The maximum absolute atomic E-state index is 13.1. The van der Waals surface area contributed by atoms with E-state index in [9.17, 15) is 23.9 Å². The Morgan fingerprint density at radius 3 is 2.73 bits per heavy atom. The summed E-state index contributed by atoms with van der Waals surface area (Å²) in [6, 6.07) is 8.40. The molecule has 170 valence electrons. The van der Waals surface area contributed by atoms with Gasteiger partial charge in [-0.2, -0.15) is 0 Å². The van der Waals surface area contributed by atoms with E-state index >= 15 is 0 Å². The predicted molar refractivity (Wildman–Crippen MR) is 116 cm³/mol. The lowest BCUT2D eigenvalue weighted by Crippen LogP contribution is -2.35. The largest absolute Gasteiger partial charge is 0.391 e. The van der Waals surface area contributed by atoms with Crippen LogP contribution < -0.4 is 10.9 Å². The van der Waals surface area contributed by atoms with Gasteiger partial charge in [-0.3, -0.25) is 19.4 Å². The highest BCUT2D eigenvalue weighted by atomic mass is 19.1. The Balaban J connectivity index is 1.60. The number of benzene rings is 1. The van der Waals surface area contributed by atoms with Gasteiger partial charge in [-0.25, -0.2) is 9.37 Å². The molecule has 33 heavy (non-hydrogen) atoms. The molecular weight excluding hydrogens is 429 g/mol. The van der Waals surface area contributed by atoms with Crippen LogP contribution in [0.5, 0.6) is 0 Å². The molecule has 1 atom stereocenters. The lowest BCUT2D eigenvalue weighted by molar-refractivity contribution is 0.0729. The fourth-order valence-electron chi connectivity index (χ4n) is 3.82. The van der Waals surface area contributed by atoms with E-state index in [2.05, 4.69) is 20.3 Å². The average Bonchev–Trinajstić information content (AvgIpc) is 3.33. The van der Waals surface area contributed by atoms with Crippen molar-refractivity contribution in [3.05, 3.63) is 93.2 Å². The summed E-state index contributed by atoms with van der Waals surface area (Å²) < 4.78 is 13.1. The van der Waals surface area contributed by atoms with Gasteiger partial charge in [-0.15, -0.1) is 0 Å². The van der Waals surface area contributed by atoms with Gasteiger partial charge in [0.2, 0.25) is 0 Å². The molecule has 2 aromatic heterocycles. The van der Waals surface area contributed by atoms with E-state index in [4.69, 9.17) is 0 Å². The highest BCUT2D eigenvalue weighted by Gasteiger charge is 2.33. The number of carbonyl (C=O) groups excluding carboxylic acids is 2. The SMILES string of the molecule is O=C(NCc1ccc(F)cc1)c1nc(C2CCCN2C(=O)c2cccnc2)[nH]c(=O)c1CO. The first-order valence-corrected chi connectivity index (χ1v) is 10.5. The Bertz CT molecular complexity index is 1210. The summed E-state index contributed by atoms with van der Waals surface area (Å²) in [7, 11) is 0. The van der Waals surface area contributed by atoms with Gasteiger partial charge in [0.25, 0.3) is 17.4 Å². The second-order valence-electron chi connectivity index (χ2n) is 7.64. The first-order valence-electron chi connectivity index (χ1n) is 10.5. The quantitative estimate of drug-likeness (QED) is 0.523. The number of likely N-dealkylation sites (tertiary alicyclic amines) is 1. The maximum Gasteiger partial charge on any atom is 0.270 e. The first kappa shape index (κ1) is 22.3. The van der Waals surface area contributed by atoms with Gasteiger partial charge in [-0.1, -0.05) is 12.1 Å². The molecule has 0 bridgehead atoms. The zero-order chi connectivity index (χ0) is 23.4. The highest BCUT2D eigenvalue weighted by molar-refractivity contribution is 5.95. The van der Waals surface area contributed by atoms with Crippen molar-refractivity contribution in [2.45, 2.75) is 32.0 Å². The number of aliphatic hydroxyl groups is 1. The van der Waals surface area contributed by atoms with E-state index in [-0.39, 0.29) is 29.5 Å². The molecule has 0 radical (unpaired) electrons. The Hall–Kier alpha value is -3.92. The van der Waals surface area contributed by atoms with Crippen LogP contribution in [0.25, 0.3) is 0 Å². The van der Waals surface area contributed by atoms with Gasteiger partial charge >= 0.3 is 0 Å². The number of carbonyl (C=O) groups is 2. The molecule has 1 saturated heterocycles. The maximum atomic E-state index is 13.1. The topological polar surface area (TPSA) is 128 Å². The van der Waals surface area contributed by atoms with Gasteiger partial charge < -0.3 is 20.3 Å². The summed E-state index contributed by atoms with van der Waals surface area (Å²) in [5.74, 6) is -1.12. The minimum absolute atomic E-state index is 0.0862. The Morgan fingerprint density at radius 2 is 2.03 bits per heavy atom. The third-order valence-electron chi connectivity index (χ3n) is 5.51. The number of amides is 2. The number of hydrogen-bond acceptors (Lipinski definition) is 6. The molecule has 10 heteroatoms. The molecule has 1 unspecified atom stereocenters. The number of aromatic amines is 1. The second kappa shape index (κ2) is 9.70. The summed E-state index contributed by atoms with van der Waals surface area (Å²) in [4.78, 5) is 50.9. The lowest BCUT2D eigenvalue weighted by atomic mass is 10.1. The highest BCUT2D eigenvalue weighted by Crippen LogP contribution is 2.31.